The molecule has 0 fully saturated rings. The lowest BCUT2D eigenvalue weighted by Crippen LogP contribution is -1.97. The monoisotopic (exact) mass is 235 g/mol. The van der Waals surface area contributed by atoms with Crippen molar-refractivity contribution in [3.8, 4) is 11.4 Å². The first kappa shape index (κ1) is 11.9. The van der Waals surface area contributed by atoms with Crippen molar-refractivity contribution in [2.24, 2.45) is 5.73 Å². The Morgan fingerprint density at radius 2 is 2.06 bits per heavy atom. The summed E-state index contributed by atoms with van der Waals surface area (Å²) in [5.41, 5.74) is 6.28. The van der Waals surface area contributed by atoms with Crippen LogP contribution in [0.2, 0.25) is 0 Å². The van der Waals surface area contributed by atoms with Crippen LogP contribution in [0, 0.1) is 0 Å². The molecule has 2 aromatic heterocycles. The molecule has 0 aromatic carbocycles. The molecular formula is C12H17N3O2. The molecule has 17 heavy (non-hydrogen) atoms. The highest BCUT2D eigenvalue weighted by molar-refractivity contribution is 5.51. The fraction of sp³-hybridized carbons (Fsp3) is 0.500. The number of nitrogens with zero attached hydrogens (tertiary/aromatic N) is 2. The maximum atomic E-state index is 5.43. The molecule has 0 saturated heterocycles. The minimum Gasteiger partial charge on any atom is -0.472 e. The molecule has 2 aromatic rings. The second kappa shape index (κ2) is 6.20. The van der Waals surface area contributed by atoms with E-state index in [1.807, 2.05) is 6.07 Å². The molecule has 0 amide bonds. The van der Waals surface area contributed by atoms with Gasteiger partial charge in [0.1, 0.15) is 6.26 Å². The summed E-state index contributed by atoms with van der Waals surface area (Å²) < 4.78 is 10.1. The van der Waals surface area contributed by atoms with Gasteiger partial charge >= 0.3 is 0 Å². The van der Waals surface area contributed by atoms with E-state index in [1.54, 1.807) is 12.5 Å². The van der Waals surface area contributed by atoms with Crippen molar-refractivity contribution >= 4 is 0 Å². The molecule has 0 aliphatic rings. The zero-order chi connectivity index (χ0) is 11.9. The van der Waals surface area contributed by atoms with Crippen LogP contribution in [0.25, 0.3) is 11.4 Å². The Bertz CT molecular complexity index is 423. The maximum Gasteiger partial charge on any atom is 0.226 e. The minimum atomic E-state index is 0.593. The van der Waals surface area contributed by atoms with Gasteiger partial charge in [0.25, 0.3) is 0 Å². The predicted molar refractivity (Wildman–Crippen MR) is 63.2 cm³/mol. The summed E-state index contributed by atoms with van der Waals surface area (Å²) in [5.74, 6) is 1.28. The molecule has 2 rings (SSSR count). The van der Waals surface area contributed by atoms with Gasteiger partial charge in [-0.25, -0.2) is 0 Å². The number of aryl methyl sites for hydroxylation is 1. The Balaban J connectivity index is 1.79. The van der Waals surface area contributed by atoms with Crippen molar-refractivity contribution < 1.29 is 8.94 Å². The Morgan fingerprint density at radius 3 is 2.82 bits per heavy atom. The SMILES string of the molecule is NCCCCCCc1nc(-c2ccoc2)no1. The van der Waals surface area contributed by atoms with Crippen LogP contribution in [0.3, 0.4) is 0 Å². The van der Waals surface area contributed by atoms with Gasteiger partial charge in [-0.1, -0.05) is 18.0 Å². The lowest BCUT2D eigenvalue weighted by atomic mass is 10.1. The van der Waals surface area contributed by atoms with Crippen LogP contribution in [0.4, 0.5) is 0 Å². The molecule has 0 bridgehead atoms. The van der Waals surface area contributed by atoms with Gasteiger partial charge in [0.15, 0.2) is 0 Å². The third-order valence-corrected chi connectivity index (χ3v) is 2.59. The number of hydrogen-bond acceptors (Lipinski definition) is 5. The molecule has 2 heterocycles. The van der Waals surface area contributed by atoms with E-state index < -0.39 is 0 Å². The second-order valence-corrected chi connectivity index (χ2v) is 3.98. The molecule has 5 heteroatoms. The fourth-order valence-corrected chi connectivity index (χ4v) is 1.64. The van der Waals surface area contributed by atoms with Crippen molar-refractivity contribution in [1.29, 1.82) is 0 Å². The average molecular weight is 235 g/mol. The van der Waals surface area contributed by atoms with Crippen LogP contribution in [0.1, 0.15) is 31.6 Å². The first-order chi connectivity index (χ1) is 8.40. The van der Waals surface area contributed by atoms with Crippen LogP contribution in [-0.4, -0.2) is 16.7 Å². The number of furan rings is 1. The number of aromatic nitrogens is 2. The van der Waals surface area contributed by atoms with Crippen molar-refractivity contribution in [3.05, 3.63) is 24.5 Å². The number of rotatable bonds is 7. The highest BCUT2D eigenvalue weighted by Gasteiger charge is 2.08. The van der Waals surface area contributed by atoms with E-state index in [1.165, 1.54) is 6.42 Å². The molecule has 0 saturated carbocycles. The van der Waals surface area contributed by atoms with E-state index in [4.69, 9.17) is 14.7 Å². The van der Waals surface area contributed by atoms with E-state index in [0.717, 1.165) is 37.8 Å². The molecule has 0 aliphatic heterocycles. The van der Waals surface area contributed by atoms with Crippen molar-refractivity contribution in [3.63, 3.8) is 0 Å². The lowest BCUT2D eigenvalue weighted by molar-refractivity contribution is 0.374. The first-order valence-corrected chi connectivity index (χ1v) is 5.95. The van der Waals surface area contributed by atoms with E-state index in [-0.39, 0.29) is 0 Å². The summed E-state index contributed by atoms with van der Waals surface area (Å²) >= 11 is 0. The molecule has 0 atom stereocenters. The van der Waals surface area contributed by atoms with E-state index in [0.29, 0.717) is 11.7 Å². The Morgan fingerprint density at radius 1 is 1.18 bits per heavy atom. The Kier molecular flexibility index (Phi) is 4.32. The molecule has 5 nitrogen and oxygen atoms in total. The van der Waals surface area contributed by atoms with E-state index in [9.17, 15) is 0 Å². The normalized spacial score (nSPS) is 10.9. The first-order valence-electron chi connectivity index (χ1n) is 5.95. The van der Waals surface area contributed by atoms with Gasteiger partial charge in [-0.05, 0) is 25.5 Å². The van der Waals surface area contributed by atoms with Crippen LogP contribution in [0.5, 0.6) is 0 Å². The summed E-state index contributed by atoms with van der Waals surface area (Å²) in [6, 6.07) is 1.82. The highest BCUT2D eigenvalue weighted by Crippen LogP contribution is 2.16. The van der Waals surface area contributed by atoms with Crippen LogP contribution < -0.4 is 5.73 Å². The number of nitrogens with two attached hydrogens (primary N) is 1. The Hall–Kier alpha value is -1.62. The summed E-state index contributed by atoms with van der Waals surface area (Å²) in [4.78, 5) is 4.31. The predicted octanol–water partition coefficient (Wildman–Crippen LogP) is 2.39. The highest BCUT2D eigenvalue weighted by atomic mass is 16.5. The van der Waals surface area contributed by atoms with Gasteiger partial charge in [0.05, 0.1) is 11.8 Å². The van der Waals surface area contributed by atoms with Crippen LogP contribution in [0.15, 0.2) is 27.5 Å². The summed E-state index contributed by atoms with van der Waals surface area (Å²) in [6.45, 7) is 0.769. The summed E-state index contributed by atoms with van der Waals surface area (Å²) in [6.07, 6.45) is 8.50. The molecular weight excluding hydrogens is 218 g/mol. The molecule has 0 spiro atoms. The quantitative estimate of drug-likeness (QED) is 0.745. The topological polar surface area (TPSA) is 78.1 Å². The number of hydrogen-bond donors (Lipinski definition) is 1. The molecule has 92 valence electrons. The molecule has 0 aliphatic carbocycles. The van der Waals surface area contributed by atoms with Crippen molar-refractivity contribution in [1.82, 2.24) is 10.1 Å². The zero-order valence-corrected chi connectivity index (χ0v) is 9.76. The van der Waals surface area contributed by atoms with Crippen molar-refractivity contribution in [2.75, 3.05) is 6.54 Å². The third-order valence-electron chi connectivity index (χ3n) is 2.59. The van der Waals surface area contributed by atoms with Gasteiger partial charge in [0.2, 0.25) is 11.7 Å². The lowest BCUT2D eigenvalue weighted by Gasteiger charge is -1.95. The van der Waals surface area contributed by atoms with Crippen LogP contribution >= 0.6 is 0 Å². The fourth-order valence-electron chi connectivity index (χ4n) is 1.64. The molecule has 2 N–H and O–H groups in total. The smallest absolute Gasteiger partial charge is 0.226 e. The zero-order valence-electron chi connectivity index (χ0n) is 9.76. The van der Waals surface area contributed by atoms with Gasteiger partial charge in [-0.3, -0.25) is 0 Å². The average Bonchev–Trinajstić information content (AvgIpc) is 2.99. The maximum absolute atomic E-state index is 5.43. The van der Waals surface area contributed by atoms with Gasteiger partial charge in [-0.15, -0.1) is 0 Å². The standard InChI is InChI=1S/C12H17N3O2/c13-7-4-2-1-3-5-11-14-12(15-17-11)10-6-8-16-9-10/h6,8-9H,1-5,7,13H2. The molecule has 0 radical (unpaired) electrons. The van der Waals surface area contributed by atoms with Gasteiger partial charge in [-0.2, -0.15) is 4.98 Å². The Labute approximate surface area is 100.0 Å². The summed E-state index contributed by atoms with van der Waals surface area (Å²) in [5, 5.41) is 3.91. The number of unbranched alkanes of at least 4 members (excludes halogenated alkanes) is 3. The summed E-state index contributed by atoms with van der Waals surface area (Å²) in [7, 11) is 0. The van der Waals surface area contributed by atoms with Crippen molar-refractivity contribution in [2.45, 2.75) is 32.1 Å². The van der Waals surface area contributed by atoms with Crippen LogP contribution in [-0.2, 0) is 6.42 Å². The van der Waals surface area contributed by atoms with E-state index >= 15 is 0 Å². The molecule has 0 unspecified atom stereocenters. The van der Waals surface area contributed by atoms with E-state index in [2.05, 4.69) is 10.1 Å². The van der Waals surface area contributed by atoms with Gasteiger partial charge in [0, 0.05) is 6.42 Å². The largest absolute Gasteiger partial charge is 0.472 e. The second-order valence-electron chi connectivity index (χ2n) is 3.98. The third kappa shape index (κ3) is 3.42. The van der Waals surface area contributed by atoms with Gasteiger partial charge < -0.3 is 14.7 Å². The minimum absolute atomic E-state index is 0.593.